The number of hydrogen-bond acceptors (Lipinski definition) is 5. The van der Waals surface area contributed by atoms with Gasteiger partial charge in [0.25, 0.3) is 11.8 Å². The second-order valence-electron chi connectivity index (χ2n) is 11.4. The van der Waals surface area contributed by atoms with E-state index in [0.29, 0.717) is 5.92 Å². The van der Waals surface area contributed by atoms with E-state index in [1.165, 1.54) is 18.2 Å². The lowest BCUT2D eigenvalue weighted by Crippen LogP contribution is -2.44. The number of carbonyl (C=O) groups excluding carboxylic acids is 4. The number of nitrogens with zero attached hydrogens (tertiary/aromatic N) is 2. The number of amides is 5. The fourth-order valence-corrected chi connectivity index (χ4v) is 6.20. The van der Waals surface area contributed by atoms with Crippen LogP contribution in [-0.4, -0.2) is 56.8 Å². The fraction of sp³-hybridized carbons (Fsp3) is 0.242. The van der Waals surface area contributed by atoms with Crippen LogP contribution in [0.1, 0.15) is 65.0 Å². The zero-order valence-corrected chi connectivity index (χ0v) is 24.1. The Balaban J connectivity index is 1.43. The van der Waals surface area contributed by atoms with E-state index in [1.807, 2.05) is 48.5 Å². The summed E-state index contributed by atoms with van der Waals surface area (Å²) in [4.78, 5) is 70.9. The first kappa shape index (κ1) is 28.7. The number of carbonyl (C=O) groups is 5. The van der Waals surface area contributed by atoms with Crippen LogP contribution in [0, 0.1) is 0 Å². The van der Waals surface area contributed by atoms with Gasteiger partial charge < -0.3 is 21.1 Å². The molecule has 1 saturated heterocycles. The number of aromatic amines is 1. The number of nitrogens with one attached hydrogen (secondary N) is 2. The van der Waals surface area contributed by atoms with Crippen molar-refractivity contribution in [1.82, 2.24) is 15.2 Å². The van der Waals surface area contributed by atoms with Crippen LogP contribution in [0.3, 0.4) is 0 Å². The van der Waals surface area contributed by atoms with Gasteiger partial charge in [0.2, 0.25) is 5.91 Å². The summed E-state index contributed by atoms with van der Waals surface area (Å²) in [5.74, 6) is -3.40. The molecule has 5 amide bonds. The van der Waals surface area contributed by atoms with Crippen LogP contribution < -0.4 is 16.0 Å². The van der Waals surface area contributed by atoms with Crippen molar-refractivity contribution in [2.45, 2.75) is 50.7 Å². The molecule has 5 N–H and O–H groups in total. The third-order valence-electron chi connectivity index (χ3n) is 8.37. The van der Waals surface area contributed by atoms with Crippen LogP contribution >= 0.6 is 0 Å². The second-order valence-corrected chi connectivity index (χ2v) is 11.4. The van der Waals surface area contributed by atoms with E-state index in [1.54, 1.807) is 11.0 Å². The van der Waals surface area contributed by atoms with Crippen molar-refractivity contribution in [1.29, 1.82) is 0 Å². The minimum absolute atomic E-state index is 0.0139. The van der Waals surface area contributed by atoms with Gasteiger partial charge in [0.15, 0.2) is 0 Å². The molecule has 6 rings (SSSR count). The maximum Gasteiger partial charge on any atom is 0.332 e. The molecule has 3 heterocycles. The molecule has 3 atom stereocenters. The standard InChI is InChI=1S/C33H31N5O6/c1-17(2)18-11-13-19(14-12-18)29-28-22(20-7-3-5-9-23(20)35-28)15-26-31(41)38(33(44)37(26)29)25-10-6-4-8-21(25)30(40)36-24(32(42)43)16-27(34)39/h3-14,17,24,26,29,35H,15-16H2,1-2H3,(H2,34,39)(H,36,40)(H,42,43)/t24-,26-,29-/m0/s1. The SMILES string of the molecule is CC(C)c1ccc([C@H]2c3[nH]c4ccccc4c3C[C@H]3C(=O)N(c4ccccc4C(=O)N[C@@H](CC(N)=O)C(=O)O)C(=O)N23)cc1. The highest BCUT2D eigenvalue weighted by molar-refractivity contribution is 6.24. The summed E-state index contributed by atoms with van der Waals surface area (Å²) in [5, 5.41) is 12.8. The number of aliphatic carboxylic acids is 1. The molecule has 0 saturated carbocycles. The van der Waals surface area contributed by atoms with Gasteiger partial charge in [-0.1, -0.05) is 68.4 Å². The third kappa shape index (κ3) is 4.76. The maximum atomic E-state index is 14.3. The minimum Gasteiger partial charge on any atom is -0.480 e. The Morgan fingerprint density at radius 1 is 1.00 bits per heavy atom. The van der Waals surface area contributed by atoms with Crippen LogP contribution in [0.25, 0.3) is 10.9 Å². The van der Waals surface area contributed by atoms with Crippen LogP contribution in [0.15, 0.2) is 72.8 Å². The second kappa shape index (κ2) is 11.0. The number of H-pyrrole nitrogens is 1. The Bertz CT molecular complexity index is 1830. The summed E-state index contributed by atoms with van der Waals surface area (Å²) in [7, 11) is 0. The highest BCUT2D eigenvalue weighted by Gasteiger charge is 2.53. The molecular weight excluding hydrogens is 562 g/mol. The summed E-state index contributed by atoms with van der Waals surface area (Å²) in [5.41, 5.74) is 9.74. The molecule has 2 aliphatic rings. The lowest BCUT2D eigenvalue weighted by molar-refractivity contribution is -0.141. The largest absolute Gasteiger partial charge is 0.480 e. The van der Waals surface area contributed by atoms with E-state index in [2.05, 4.69) is 24.1 Å². The van der Waals surface area contributed by atoms with Crippen molar-refractivity contribution in [2.75, 3.05) is 4.90 Å². The first-order valence-electron chi connectivity index (χ1n) is 14.3. The summed E-state index contributed by atoms with van der Waals surface area (Å²) in [6.45, 7) is 4.20. The van der Waals surface area contributed by atoms with E-state index in [4.69, 9.17) is 5.73 Å². The van der Waals surface area contributed by atoms with E-state index < -0.39 is 54.3 Å². The number of benzene rings is 3. The molecule has 1 fully saturated rings. The van der Waals surface area contributed by atoms with Gasteiger partial charge in [-0.2, -0.15) is 0 Å². The molecule has 1 aromatic heterocycles. The summed E-state index contributed by atoms with van der Waals surface area (Å²) in [6.07, 6.45) is -0.349. The average Bonchev–Trinajstić information content (AvgIpc) is 3.49. The molecule has 3 aromatic carbocycles. The van der Waals surface area contributed by atoms with Gasteiger partial charge in [-0.15, -0.1) is 0 Å². The van der Waals surface area contributed by atoms with E-state index >= 15 is 0 Å². The molecule has 0 aliphatic carbocycles. The molecular formula is C33H31N5O6. The molecule has 2 aliphatic heterocycles. The van der Waals surface area contributed by atoms with Gasteiger partial charge in [-0.3, -0.25) is 19.3 Å². The molecule has 0 bridgehead atoms. The van der Waals surface area contributed by atoms with Gasteiger partial charge in [-0.25, -0.2) is 14.5 Å². The summed E-state index contributed by atoms with van der Waals surface area (Å²) < 4.78 is 0. The smallest absolute Gasteiger partial charge is 0.332 e. The first-order chi connectivity index (χ1) is 21.1. The molecule has 0 radical (unpaired) electrons. The predicted molar refractivity (Wildman–Crippen MR) is 162 cm³/mol. The number of aromatic nitrogens is 1. The highest BCUT2D eigenvalue weighted by Crippen LogP contribution is 2.45. The van der Waals surface area contributed by atoms with Gasteiger partial charge in [-0.05, 0) is 40.8 Å². The van der Waals surface area contributed by atoms with E-state index in [-0.39, 0.29) is 17.7 Å². The van der Waals surface area contributed by atoms with Crippen molar-refractivity contribution >= 4 is 46.3 Å². The Morgan fingerprint density at radius 3 is 2.36 bits per heavy atom. The lowest BCUT2D eigenvalue weighted by Gasteiger charge is -2.36. The normalized spacial score (nSPS) is 18.3. The molecule has 0 spiro atoms. The van der Waals surface area contributed by atoms with Crippen LogP contribution in [-0.2, 0) is 20.8 Å². The maximum absolute atomic E-state index is 14.3. The number of nitrogens with two attached hydrogens (primary N) is 1. The third-order valence-corrected chi connectivity index (χ3v) is 8.37. The molecule has 11 heteroatoms. The summed E-state index contributed by atoms with van der Waals surface area (Å²) in [6, 6.07) is 18.2. The van der Waals surface area contributed by atoms with Crippen molar-refractivity contribution in [3.8, 4) is 0 Å². The molecule has 11 nitrogen and oxygen atoms in total. The van der Waals surface area contributed by atoms with Crippen molar-refractivity contribution < 1.29 is 29.1 Å². The van der Waals surface area contributed by atoms with E-state index in [0.717, 1.165) is 38.2 Å². The van der Waals surface area contributed by atoms with Gasteiger partial charge >= 0.3 is 12.0 Å². The van der Waals surface area contributed by atoms with Gasteiger partial charge in [0.05, 0.1) is 17.7 Å². The van der Waals surface area contributed by atoms with E-state index in [9.17, 15) is 29.1 Å². The number of rotatable bonds is 8. The van der Waals surface area contributed by atoms with Gasteiger partial charge in [0, 0.05) is 23.0 Å². The Hall–Kier alpha value is -5.45. The quantitative estimate of drug-likeness (QED) is 0.227. The molecule has 0 unspecified atom stereocenters. The minimum atomic E-state index is -1.58. The number of imide groups is 1. The number of hydrogen-bond donors (Lipinski definition) is 4. The molecule has 44 heavy (non-hydrogen) atoms. The lowest BCUT2D eigenvalue weighted by atomic mass is 9.88. The number of carboxylic acids is 1. The Labute approximate surface area is 252 Å². The van der Waals surface area contributed by atoms with Crippen LogP contribution in [0.2, 0.25) is 0 Å². The predicted octanol–water partition coefficient (Wildman–Crippen LogP) is 3.83. The fourth-order valence-electron chi connectivity index (χ4n) is 6.20. The summed E-state index contributed by atoms with van der Waals surface area (Å²) >= 11 is 0. The number of carboxylic acid groups (broad SMARTS) is 1. The van der Waals surface area contributed by atoms with Crippen LogP contribution in [0.5, 0.6) is 0 Å². The monoisotopic (exact) mass is 593 g/mol. The zero-order valence-electron chi connectivity index (χ0n) is 24.1. The first-order valence-corrected chi connectivity index (χ1v) is 14.3. The topological polar surface area (TPSA) is 166 Å². The average molecular weight is 594 g/mol. The molecule has 4 aromatic rings. The number of anilines is 1. The number of fused-ring (bicyclic) bond motifs is 4. The number of para-hydroxylation sites is 2. The Morgan fingerprint density at radius 2 is 1.68 bits per heavy atom. The van der Waals surface area contributed by atoms with Crippen LogP contribution in [0.4, 0.5) is 10.5 Å². The zero-order chi connectivity index (χ0) is 31.3. The van der Waals surface area contributed by atoms with Crippen molar-refractivity contribution in [3.63, 3.8) is 0 Å². The van der Waals surface area contributed by atoms with Crippen molar-refractivity contribution in [2.24, 2.45) is 5.73 Å². The Kier molecular flexibility index (Phi) is 7.16. The molecule has 224 valence electrons. The highest BCUT2D eigenvalue weighted by atomic mass is 16.4. The number of urea groups is 1. The van der Waals surface area contributed by atoms with Crippen molar-refractivity contribution in [3.05, 3.63) is 101 Å². The van der Waals surface area contributed by atoms with Gasteiger partial charge in [0.1, 0.15) is 18.1 Å². The number of primary amides is 1.